The molecule has 1 aliphatic carbocycles. The summed E-state index contributed by atoms with van der Waals surface area (Å²) in [6, 6.07) is 4.86. The Morgan fingerprint density at radius 3 is 3.04 bits per heavy atom. The number of hydrogen-bond donors (Lipinski definition) is 1. The molecule has 0 amide bonds. The highest BCUT2D eigenvalue weighted by Crippen LogP contribution is 2.40. The molecule has 0 unspecified atom stereocenters. The number of aromatic nitrogens is 1. The van der Waals surface area contributed by atoms with E-state index in [2.05, 4.69) is 10.3 Å². The number of pyridine rings is 1. The number of benzene rings is 1. The van der Waals surface area contributed by atoms with Gasteiger partial charge in [0.2, 0.25) is 10.0 Å². The Bertz CT molecular complexity index is 850. The molecule has 1 aliphatic heterocycles. The normalized spacial score (nSPS) is 25.6. The van der Waals surface area contributed by atoms with Gasteiger partial charge in [-0.1, -0.05) is 12.1 Å². The van der Waals surface area contributed by atoms with Gasteiger partial charge in [0, 0.05) is 29.6 Å². The molecule has 4 rings (SSSR count). The molecule has 0 radical (unpaired) electrons. The molecule has 7 heteroatoms. The van der Waals surface area contributed by atoms with Crippen LogP contribution in [0.5, 0.6) is 0 Å². The summed E-state index contributed by atoms with van der Waals surface area (Å²) in [6.45, 7) is 2.13. The quantitative estimate of drug-likeness (QED) is 0.908. The zero-order chi connectivity index (χ0) is 16.0. The Balaban J connectivity index is 1.83. The summed E-state index contributed by atoms with van der Waals surface area (Å²) in [6.07, 6.45) is 4.20. The van der Waals surface area contributed by atoms with E-state index in [-0.39, 0.29) is 16.3 Å². The number of nitrogens with zero attached hydrogens (tertiary/aromatic N) is 2. The Hall–Kier alpha value is -1.57. The van der Waals surface area contributed by atoms with Crippen molar-refractivity contribution in [3.63, 3.8) is 0 Å². The van der Waals surface area contributed by atoms with Crippen LogP contribution >= 0.6 is 0 Å². The smallest absolute Gasteiger partial charge is 0.244 e. The summed E-state index contributed by atoms with van der Waals surface area (Å²) in [5.74, 6) is -0.228. The highest BCUT2D eigenvalue weighted by molar-refractivity contribution is 7.89. The van der Waals surface area contributed by atoms with Gasteiger partial charge in [-0.2, -0.15) is 4.31 Å². The largest absolute Gasteiger partial charge is 0.316 e. The first kappa shape index (κ1) is 15.0. The Labute approximate surface area is 134 Å². The Morgan fingerprint density at radius 1 is 1.30 bits per heavy atom. The van der Waals surface area contributed by atoms with Crippen LogP contribution in [0.15, 0.2) is 35.5 Å². The van der Waals surface area contributed by atoms with Crippen molar-refractivity contribution < 1.29 is 12.8 Å². The first-order valence-electron chi connectivity index (χ1n) is 7.84. The molecule has 2 atom stereocenters. The van der Waals surface area contributed by atoms with Gasteiger partial charge in [-0.05, 0) is 37.9 Å². The SMILES string of the molecule is O=S(=O)(c1cccc2cncc(F)c12)N1CCCNC[C@@H]2C[C@@H]21. The third-order valence-electron chi connectivity index (χ3n) is 4.68. The second-order valence-electron chi connectivity index (χ2n) is 6.21. The number of nitrogens with one attached hydrogen (secondary N) is 1. The van der Waals surface area contributed by atoms with Crippen molar-refractivity contribution >= 4 is 20.8 Å². The predicted octanol–water partition coefficient (Wildman–Crippen LogP) is 1.75. The minimum atomic E-state index is -3.72. The van der Waals surface area contributed by atoms with Crippen molar-refractivity contribution in [1.29, 1.82) is 0 Å². The maximum atomic E-state index is 14.2. The first-order chi connectivity index (χ1) is 11.1. The summed E-state index contributed by atoms with van der Waals surface area (Å²) >= 11 is 0. The van der Waals surface area contributed by atoms with Crippen LogP contribution in [0.2, 0.25) is 0 Å². The van der Waals surface area contributed by atoms with E-state index in [0.29, 0.717) is 17.8 Å². The minimum absolute atomic E-state index is 0.0351. The highest BCUT2D eigenvalue weighted by Gasteiger charge is 2.47. The molecule has 1 aromatic heterocycles. The van der Waals surface area contributed by atoms with Crippen LogP contribution in [0.3, 0.4) is 0 Å². The average molecular weight is 335 g/mol. The zero-order valence-corrected chi connectivity index (χ0v) is 13.4. The van der Waals surface area contributed by atoms with Crippen LogP contribution in [-0.2, 0) is 10.0 Å². The Morgan fingerprint density at radius 2 is 2.17 bits per heavy atom. The van der Waals surface area contributed by atoms with Crippen LogP contribution in [0.25, 0.3) is 10.8 Å². The average Bonchev–Trinajstić information content (AvgIpc) is 3.25. The lowest BCUT2D eigenvalue weighted by atomic mass is 10.2. The summed E-state index contributed by atoms with van der Waals surface area (Å²) in [4.78, 5) is 3.86. The van der Waals surface area contributed by atoms with Gasteiger partial charge in [0.05, 0.1) is 11.1 Å². The summed E-state index contributed by atoms with van der Waals surface area (Å²) in [5, 5.41) is 3.98. The van der Waals surface area contributed by atoms with E-state index in [1.54, 1.807) is 16.4 Å². The van der Waals surface area contributed by atoms with E-state index < -0.39 is 15.8 Å². The second-order valence-corrected chi connectivity index (χ2v) is 8.07. The van der Waals surface area contributed by atoms with E-state index in [1.165, 1.54) is 12.3 Å². The van der Waals surface area contributed by atoms with Gasteiger partial charge in [0.15, 0.2) is 5.82 Å². The molecule has 0 spiro atoms. The monoisotopic (exact) mass is 335 g/mol. The molecule has 1 saturated carbocycles. The first-order valence-corrected chi connectivity index (χ1v) is 9.28. The van der Waals surface area contributed by atoms with Crippen LogP contribution in [0, 0.1) is 11.7 Å². The molecule has 23 heavy (non-hydrogen) atoms. The van der Waals surface area contributed by atoms with E-state index in [1.807, 2.05) is 0 Å². The molecule has 2 fully saturated rings. The van der Waals surface area contributed by atoms with Gasteiger partial charge in [-0.15, -0.1) is 0 Å². The van der Waals surface area contributed by atoms with Gasteiger partial charge in [0.1, 0.15) is 0 Å². The lowest BCUT2D eigenvalue weighted by Gasteiger charge is -2.25. The van der Waals surface area contributed by atoms with Crippen molar-refractivity contribution in [3.05, 3.63) is 36.4 Å². The third kappa shape index (κ3) is 2.52. The topological polar surface area (TPSA) is 62.3 Å². The standard InChI is InChI=1S/C16H18FN3O2S/c17-13-10-19-8-11-3-1-4-15(16(11)13)23(21,22)20-6-2-5-18-9-12-7-14(12)20/h1,3-4,8,10,12,14,18H,2,5-7,9H2/t12-,14-/m0/s1. The van der Waals surface area contributed by atoms with Gasteiger partial charge in [0.25, 0.3) is 0 Å². The zero-order valence-electron chi connectivity index (χ0n) is 12.6. The van der Waals surface area contributed by atoms with Crippen LogP contribution in [0.1, 0.15) is 12.8 Å². The van der Waals surface area contributed by atoms with Gasteiger partial charge in [-0.25, -0.2) is 12.8 Å². The van der Waals surface area contributed by atoms with E-state index in [9.17, 15) is 12.8 Å². The lowest BCUT2D eigenvalue weighted by Crippen LogP contribution is -2.39. The lowest BCUT2D eigenvalue weighted by molar-refractivity contribution is 0.358. The Kier molecular flexibility index (Phi) is 3.59. The molecule has 2 aromatic rings. The molecule has 1 N–H and O–H groups in total. The molecule has 2 aliphatic rings. The van der Waals surface area contributed by atoms with Crippen LogP contribution in [0.4, 0.5) is 4.39 Å². The molecular formula is C16H18FN3O2S. The van der Waals surface area contributed by atoms with Crippen molar-refractivity contribution in [2.75, 3.05) is 19.6 Å². The predicted molar refractivity (Wildman–Crippen MR) is 85.0 cm³/mol. The second kappa shape index (κ2) is 5.51. The van der Waals surface area contributed by atoms with Crippen LogP contribution in [-0.4, -0.2) is 43.4 Å². The number of sulfonamides is 1. The fourth-order valence-corrected chi connectivity index (χ4v) is 5.38. The van der Waals surface area contributed by atoms with E-state index in [0.717, 1.165) is 32.1 Å². The summed E-state index contributed by atoms with van der Waals surface area (Å²) in [7, 11) is -3.72. The molecule has 122 valence electrons. The highest BCUT2D eigenvalue weighted by atomic mass is 32.2. The molecule has 0 bridgehead atoms. The van der Waals surface area contributed by atoms with Crippen molar-refractivity contribution in [1.82, 2.24) is 14.6 Å². The van der Waals surface area contributed by atoms with E-state index >= 15 is 0 Å². The number of rotatable bonds is 2. The fourth-order valence-electron chi connectivity index (χ4n) is 3.42. The molecule has 2 heterocycles. The summed E-state index contributed by atoms with van der Waals surface area (Å²) in [5.41, 5.74) is 0. The van der Waals surface area contributed by atoms with Crippen LogP contribution < -0.4 is 5.32 Å². The fraction of sp³-hybridized carbons (Fsp3) is 0.438. The van der Waals surface area contributed by atoms with Crippen molar-refractivity contribution in [3.8, 4) is 0 Å². The van der Waals surface area contributed by atoms with Gasteiger partial charge < -0.3 is 5.32 Å². The minimum Gasteiger partial charge on any atom is -0.316 e. The van der Waals surface area contributed by atoms with E-state index in [4.69, 9.17) is 0 Å². The number of hydrogen-bond acceptors (Lipinski definition) is 4. The molecule has 1 saturated heterocycles. The summed E-state index contributed by atoms with van der Waals surface area (Å²) < 4.78 is 42.2. The van der Waals surface area contributed by atoms with Crippen molar-refractivity contribution in [2.24, 2.45) is 5.92 Å². The third-order valence-corrected chi connectivity index (χ3v) is 6.65. The van der Waals surface area contributed by atoms with Crippen molar-refractivity contribution in [2.45, 2.75) is 23.8 Å². The maximum absolute atomic E-state index is 14.2. The molecular weight excluding hydrogens is 317 g/mol. The number of halogens is 1. The molecule has 1 aromatic carbocycles. The van der Waals surface area contributed by atoms with Gasteiger partial charge >= 0.3 is 0 Å². The van der Waals surface area contributed by atoms with Gasteiger partial charge in [-0.3, -0.25) is 4.98 Å². The maximum Gasteiger partial charge on any atom is 0.244 e. The number of fused-ring (bicyclic) bond motifs is 2. The molecule has 5 nitrogen and oxygen atoms in total.